The monoisotopic (exact) mass is 266 g/mol. The molecule has 1 N–H and O–H groups in total. The molecule has 0 aromatic carbocycles. The average Bonchev–Trinajstić information content (AvgIpc) is 3.21. The van der Waals surface area contributed by atoms with Gasteiger partial charge in [0.15, 0.2) is 0 Å². The van der Waals surface area contributed by atoms with E-state index in [1.165, 1.54) is 19.3 Å². The van der Waals surface area contributed by atoms with Crippen LogP contribution in [0.15, 0.2) is 0 Å². The number of hydrogen-bond donors (Lipinski definition) is 1. The molecule has 2 unspecified atom stereocenters. The summed E-state index contributed by atoms with van der Waals surface area (Å²) in [6.07, 6.45) is 8.02. The van der Waals surface area contributed by atoms with E-state index in [4.69, 9.17) is 0 Å². The molecule has 4 nitrogen and oxygen atoms in total. The molecule has 19 heavy (non-hydrogen) atoms. The molecule has 108 valence electrons. The van der Waals surface area contributed by atoms with E-state index in [9.17, 15) is 9.59 Å². The Labute approximate surface area is 115 Å². The highest BCUT2D eigenvalue weighted by Crippen LogP contribution is 2.34. The van der Waals surface area contributed by atoms with Crippen molar-refractivity contribution in [1.29, 1.82) is 0 Å². The van der Waals surface area contributed by atoms with Gasteiger partial charge in [0.1, 0.15) is 6.04 Å². The second-order valence-corrected chi connectivity index (χ2v) is 6.05. The van der Waals surface area contributed by atoms with Gasteiger partial charge in [-0.2, -0.15) is 0 Å². The molecule has 0 aromatic heterocycles. The molecule has 2 amide bonds. The largest absolute Gasteiger partial charge is 0.342 e. The zero-order chi connectivity index (χ0) is 13.8. The molecule has 2 rings (SSSR count). The van der Waals surface area contributed by atoms with Gasteiger partial charge >= 0.3 is 0 Å². The predicted molar refractivity (Wildman–Crippen MR) is 74.6 cm³/mol. The minimum Gasteiger partial charge on any atom is -0.342 e. The number of carbonyl (C=O) groups is 2. The summed E-state index contributed by atoms with van der Waals surface area (Å²) in [5.74, 6) is 0.550. The van der Waals surface area contributed by atoms with Gasteiger partial charge in [0.25, 0.3) is 0 Å². The van der Waals surface area contributed by atoms with Crippen LogP contribution >= 0.6 is 0 Å². The van der Waals surface area contributed by atoms with E-state index in [1.807, 2.05) is 0 Å². The van der Waals surface area contributed by atoms with Crippen LogP contribution < -0.4 is 5.32 Å². The van der Waals surface area contributed by atoms with Crippen molar-refractivity contribution >= 4 is 11.8 Å². The number of nitrogens with zero attached hydrogens (tertiary/aromatic N) is 1. The van der Waals surface area contributed by atoms with E-state index < -0.39 is 0 Å². The normalized spacial score (nSPS) is 25.4. The van der Waals surface area contributed by atoms with E-state index in [0.29, 0.717) is 5.92 Å². The van der Waals surface area contributed by atoms with Crippen molar-refractivity contribution < 1.29 is 9.59 Å². The van der Waals surface area contributed by atoms with E-state index >= 15 is 0 Å². The first kappa shape index (κ1) is 14.4. The number of carbonyl (C=O) groups excluding carboxylic acids is 2. The summed E-state index contributed by atoms with van der Waals surface area (Å²) in [7, 11) is 0. The van der Waals surface area contributed by atoms with Gasteiger partial charge in [-0.05, 0) is 32.1 Å². The molecule has 1 aliphatic heterocycles. The van der Waals surface area contributed by atoms with Crippen LogP contribution in [0.2, 0.25) is 0 Å². The predicted octanol–water partition coefficient (Wildman–Crippen LogP) is 2.08. The Balaban J connectivity index is 1.86. The first-order chi connectivity index (χ1) is 9.13. The summed E-state index contributed by atoms with van der Waals surface area (Å²) in [5, 5.41) is 2.86. The fraction of sp³-hybridized carbons (Fsp3) is 0.867. The van der Waals surface area contributed by atoms with Crippen molar-refractivity contribution in [3.8, 4) is 0 Å². The highest BCUT2D eigenvalue weighted by Gasteiger charge is 2.43. The molecule has 0 bridgehead atoms. The Morgan fingerprint density at radius 2 is 2.00 bits per heavy atom. The first-order valence-corrected chi connectivity index (χ1v) is 7.73. The molecule has 2 aliphatic rings. The zero-order valence-corrected chi connectivity index (χ0v) is 12.2. The topological polar surface area (TPSA) is 49.4 Å². The molecule has 1 saturated carbocycles. The average molecular weight is 266 g/mol. The van der Waals surface area contributed by atoms with Crippen molar-refractivity contribution in [2.24, 2.45) is 5.92 Å². The molecular formula is C15H26N2O2. The van der Waals surface area contributed by atoms with Crippen LogP contribution in [0.4, 0.5) is 0 Å². The molecular weight excluding hydrogens is 240 g/mol. The Kier molecular flexibility index (Phi) is 4.83. The van der Waals surface area contributed by atoms with Gasteiger partial charge in [-0.25, -0.2) is 0 Å². The molecule has 1 heterocycles. The van der Waals surface area contributed by atoms with Crippen LogP contribution in [-0.4, -0.2) is 35.3 Å². The highest BCUT2D eigenvalue weighted by molar-refractivity contribution is 5.95. The highest BCUT2D eigenvalue weighted by atomic mass is 16.2. The summed E-state index contributed by atoms with van der Waals surface area (Å²) >= 11 is 0. The number of hydrogen-bond acceptors (Lipinski definition) is 2. The smallest absolute Gasteiger partial charge is 0.246 e. The van der Waals surface area contributed by atoms with Gasteiger partial charge in [-0.3, -0.25) is 9.59 Å². The van der Waals surface area contributed by atoms with Crippen LogP contribution in [0.25, 0.3) is 0 Å². The number of rotatable bonds is 7. The number of piperazine rings is 1. The lowest BCUT2D eigenvalue weighted by atomic mass is 10.0. The maximum absolute atomic E-state index is 12.4. The molecule has 0 spiro atoms. The third-order valence-corrected chi connectivity index (χ3v) is 4.28. The molecule has 1 aliphatic carbocycles. The van der Waals surface area contributed by atoms with Crippen LogP contribution in [0.5, 0.6) is 0 Å². The second kappa shape index (κ2) is 6.40. The van der Waals surface area contributed by atoms with Crippen LogP contribution in [-0.2, 0) is 9.59 Å². The number of nitrogens with one attached hydrogen (secondary N) is 1. The van der Waals surface area contributed by atoms with Gasteiger partial charge in [0.2, 0.25) is 11.8 Å². The van der Waals surface area contributed by atoms with Crippen molar-refractivity contribution in [1.82, 2.24) is 10.2 Å². The lowest BCUT2D eigenvalue weighted by Gasteiger charge is -2.36. The van der Waals surface area contributed by atoms with Gasteiger partial charge in [0.05, 0.1) is 6.54 Å². The molecule has 0 aromatic rings. The van der Waals surface area contributed by atoms with E-state index in [0.717, 1.165) is 25.7 Å². The quantitative estimate of drug-likeness (QED) is 0.717. The minimum absolute atomic E-state index is 0.0110. The summed E-state index contributed by atoms with van der Waals surface area (Å²) < 4.78 is 0. The van der Waals surface area contributed by atoms with E-state index in [-0.39, 0.29) is 30.4 Å². The first-order valence-electron chi connectivity index (χ1n) is 7.73. The lowest BCUT2D eigenvalue weighted by Crippen LogP contribution is -2.60. The van der Waals surface area contributed by atoms with Crippen molar-refractivity contribution in [3.63, 3.8) is 0 Å². The molecule has 4 heteroatoms. The van der Waals surface area contributed by atoms with Crippen molar-refractivity contribution in [2.75, 3.05) is 6.54 Å². The summed E-state index contributed by atoms with van der Waals surface area (Å²) in [6.45, 7) is 4.52. The maximum atomic E-state index is 12.4. The third kappa shape index (κ3) is 3.71. The fourth-order valence-corrected chi connectivity index (χ4v) is 2.84. The summed E-state index contributed by atoms with van der Waals surface area (Å²) in [6, 6.07) is -0.0454. The Morgan fingerprint density at radius 3 is 2.63 bits per heavy atom. The van der Waals surface area contributed by atoms with Crippen LogP contribution in [0.3, 0.4) is 0 Å². The molecule has 2 fully saturated rings. The summed E-state index contributed by atoms with van der Waals surface area (Å²) in [5.41, 5.74) is 0. The van der Waals surface area contributed by atoms with Gasteiger partial charge in [-0.15, -0.1) is 0 Å². The van der Waals surface area contributed by atoms with E-state index in [1.54, 1.807) is 4.90 Å². The second-order valence-electron chi connectivity index (χ2n) is 6.05. The number of amides is 2. The zero-order valence-electron chi connectivity index (χ0n) is 12.2. The van der Waals surface area contributed by atoms with Gasteiger partial charge < -0.3 is 10.2 Å². The molecule has 0 radical (unpaired) electrons. The van der Waals surface area contributed by atoms with Gasteiger partial charge in [0, 0.05) is 6.04 Å². The van der Waals surface area contributed by atoms with Crippen LogP contribution in [0, 0.1) is 5.92 Å². The Hall–Kier alpha value is -1.06. The maximum Gasteiger partial charge on any atom is 0.246 e. The fourth-order valence-electron chi connectivity index (χ4n) is 2.84. The van der Waals surface area contributed by atoms with Crippen molar-refractivity contribution in [2.45, 2.75) is 70.9 Å². The third-order valence-electron chi connectivity index (χ3n) is 4.28. The van der Waals surface area contributed by atoms with E-state index in [2.05, 4.69) is 19.2 Å². The van der Waals surface area contributed by atoms with Gasteiger partial charge in [-0.1, -0.05) is 32.6 Å². The SMILES string of the molecule is CCCCCCC(C)N1CC(=O)NC(C2CC2)C1=O. The summed E-state index contributed by atoms with van der Waals surface area (Å²) in [4.78, 5) is 25.9. The lowest BCUT2D eigenvalue weighted by molar-refractivity contribution is -0.147. The molecule has 2 atom stereocenters. The molecule has 1 saturated heterocycles. The Morgan fingerprint density at radius 1 is 1.26 bits per heavy atom. The van der Waals surface area contributed by atoms with Crippen LogP contribution in [0.1, 0.15) is 58.8 Å². The number of unbranched alkanes of at least 4 members (excludes halogenated alkanes) is 3. The van der Waals surface area contributed by atoms with Crippen molar-refractivity contribution in [3.05, 3.63) is 0 Å². The minimum atomic E-state index is -0.237. The standard InChI is InChI=1S/C15H26N2O2/c1-3-4-5-6-7-11(2)17-10-13(18)16-14(15(17)19)12-8-9-12/h11-12,14H,3-10H2,1-2H3,(H,16,18). The Bertz CT molecular complexity index is 339.